The summed E-state index contributed by atoms with van der Waals surface area (Å²) < 4.78 is 1.51. The van der Waals surface area contributed by atoms with Crippen molar-refractivity contribution in [3.8, 4) is 0 Å². The minimum absolute atomic E-state index is 0.0771. The maximum Gasteiger partial charge on any atom is 0.241 e. The lowest BCUT2D eigenvalue weighted by molar-refractivity contribution is -0.122. The molecule has 1 saturated heterocycles. The van der Waals surface area contributed by atoms with Crippen molar-refractivity contribution >= 4 is 17.5 Å². The molecule has 6 nitrogen and oxygen atoms in total. The number of carbonyl (C=O) groups excluding carboxylic acids is 1. The van der Waals surface area contributed by atoms with Gasteiger partial charge in [-0.3, -0.25) is 9.69 Å². The average molecular weight is 334 g/mol. The molecule has 0 spiro atoms. The number of rotatable bonds is 6. The zero-order valence-corrected chi connectivity index (χ0v) is 13.6. The van der Waals surface area contributed by atoms with Crippen molar-refractivity contribution in [2.24, 2.45) is 0 Å². The van der Waals surface area contributed by atoms with E-state index in [2.05, 4.69) is 20.3 Å². The molecule has 7 heteroatoms. The number of halogens is 1. The Labute approximate surface area is 140 Å². The Morgan fingerprint density at radius 2 is 2.09 bits per heavy atom. The zero-order chi connectivity index (χ0) is 16.1. The lowest BCUT2D eigenvalue weighted by Crippen LogP contribution is -2.38. The van der Waals surface area contributed by atoms with Gasteiger partial charge in [0.2, 0.25) is 5.91 Å². The number of nitrogens with one attached hydrogen (secondary N) is 1. The van der Waals surface area contributed by atoms with E-state index in [0.29, 0.717) is 6.54 Å². The number of carbonyl (C=O) groups is 1. The molecule has 1 fully saturated rings. The summed E-state index contributed by atoms with van der Waals surface area (Å²) in [5, 5.41) is 7.69. The highest BCUT2D eigenvalue weighted by atomic mass is 35.5. The van der Waals surface area contributed by atoms with Crippen molar-refractivity contribution in [3.63, 3.8) is 0 Å². The first kappa shape index (κ1) is 16.0. The van der Waals surface area contributed by atoms with Crippen LogP contribution in [-0.4, -0.2) is 45.2 Å². The second kappa shape index (κ2) is 7.57. The van der Waals surface area contributed by atoms with Gasteiger partial charge in [-0.05, 0) is 37.6 Å². The molecule has 0 saturated carbocycles. The van der Waals surface area contributed by atoms with E-state index in [1.807, 2.05) is 24.3 Å². The number of aromatic nitrogens is 3. The first-order chi connectivity index (χ1) is 11.2. The molecule has 1 aromatic carbocycles. The maximum atomic E-state index is 12.1. The SMILES string of the molecule is O=C(Cn1cncn1)NCC(c1ccccc1Cl)N1CCCC1. The Kier molecular flexibility index (Phi) is 5.25. The van der Waals surface area contributed by atoms with Gasteiger partial charge in [0.1, 0.15) is 19.2 Å². The molecule has 122 valence electrons. The quantitative estimate of drug-likeness (QED) is 0.876. The average Bonchev–Trinajstić information content (AvgIpc) is 3.23. The second-order valence-electron chi connectivity index (χ2n) is 5.68. The summed E-state index contributed by atoms with van der Waals surface area (Å²) in [6.07, 6.45) is 5.33. The maximum absolute atomic E-state index is 12.1. The molecule has 1 unspecified atom stereocenters. The van der Waals surface area contributed by atoms with Crippen molar-refractivity contribution in [2.45, 2.75) is 25.4 Å². The summed E-state index contributed by atoms with van der Waals surface area (Å²) >= 11 is 6.37. The van der Waals surface area contributed by atoms with Gasteiger partial charge in [0.05, 0.1) is 6.04 Å². The lowest BCUT2D eigenvalue weighted by atomic mass is 10.1. The number of benzene rings is 1. The molecule has 0 radical (unpaired) electrons. The van der Waals surface area contributed by atoms with Gasteiger partial charge in [0.25, 0.3) is 0 Å². The number of hydrogen-bond acceptors (Lipinski definition) is 4. The summed E-state index contributed by atoms with van der Waals surface area (Å²) in [7, 11) is 0. The van der Waals surface area contributed by atoms with Crippen LogP contribution < -0.4 is 5.32 Å². The van der Waals surface area contributed by atoms with Gasteiger partial charge < -0.3 is 5.32 Å². The number of hydrogen-bond donors (Lipinski definition) is 1. The summed E-state index contributed by atoms with van der Waals surface area (Å²) in [5.74, 6) is -0.0771. The first-order valence-electron chi connectivity index (χ1n) is 7.81. The second-order valence-corrected chi connectivity index (χ2v) is 6.08. The van der Waals surface area contributed by atoms with E-state index in [4.69, 9.17) is 11.6 Å². The fourth-order valence-electron chi connectivity index (χ4n) is 2.96. The van der Waals surface area contributed by atoms with Gasteiger partial charge in [0, 0.05) is 11.6 Å². The topological polar surface area (TPSA) is 63.1 Å². The van der Waals surface area contributed by atoms with Crippen molar-refractivity contribution in [1.82, 2.24) is 25.0 Å². The van der Waals surface area contributed by atoms with Crippen LogP contribution >= 0.6 is 11.6 Å². The van der Waals surface area contributed by atoms with Crippen molar-refractivity contribution in [3.05, 3.63) is 47.5 Å². The summed E-state index contributed by atoms with van der Waals surface area (Å²) in [6, 6.07) is 7.95. The molecule has 1 atom stereocenters. The minimum atomic E-state index is -0.0771. The van der Waals surface area contributed by atoms with Gasteiger partial charge in [-0.2, -0.15) is 5.10 Å². The molecule has 1 amide bonds. The molecule has 1 aromatic heterocycles. The summed E-state index contributed by atoms with van der Waals surface area (Å²) in [6.45, 7) is 2.79. The Bertz CT molecular complexity index is 640. The highest BCUT2D eigenvalue weighted by Gasteiger charge is 2.25. The lowest BCUT2D eigenvalue weighted by Gasteiger charge is -2.29. The van der Waals surface area contributed by atoms with E-state index in [9.17, 15) is 4.79 Å². The molecule has 1 N–H and O–H groups in total. The van der Waals surface area contributed by atoms with Crippen LogP contribution in [0.1, 0.15) is 24.4 Å². The first-order valence-corrected chi connectivity index (χ1v) is 8.19. The summed E-state index contributed by atoms with van der Waals surface area (Å²) in [4.78, 5) is 18.3. The molecule has 1 aliphatic rings. The third-order valence-corrected chi connectivity index (χ3v) is 4.45. The summed E-state index contributed by atoms with van der Waals surface area (Å²) in [5.41, 5.74) is 1.07. The monoisotopic (exact) mass is 333 g/mol. The Morgan fingerprint density at radius 3 is 2.78 bits per heavy atom. The molecule has 23 heavy (non-hydrogen) atoms. The molecule has 0 aliphatic carbocycles. The van der Waals surface area contributed by atoms with Crippen molar-refractivity contribution in [2.75, 3.05) is 19.6 Å². The highest BCUT2D eigenvalue weighted by molar-refractivity contribution is 6.31. The van der Waals surface area contributed by atoms with Gasteiger partial charge in [-0.15, -0.1) is 0 Å². The van der Waals surface area contributed by atoms with Gasteiger partial charge in [-0.1, -0.05) is 29.8 Å². The molecule has 2 heterocycles. The molecule has 3 rings (SSSR count). The molecular weight excluding hydrogens is 314 g/mol. The van der Waals surface area contributed by atoms with E-state index in [1.165, 1.54) is 30.2 Å². The van der Waals surface area contributed by atoms with E-state index in [0.717, 1.165) is 23.7 Å². The fourth-order valence-corrected chi connectivity index (χ4v) is 3.22. The number of likely N-dealkylation sites (tertiary alicyclic amines) is 1. The van der Waals surface area contributed by atoms with Crippen LogP contribution in [0.4, 0.5) is 0 Å². The van der Waals surface area contributed by atoms with Crippen LogP contribution in [0.15, 0.2) is 36.9 Å². The van der Waals surface area contributed by atoms with E-state index >= 15 is 0 Å². The van der Waals surface area contributed by atoms with Crippen LogP contribution in [0.25, 0.3) is 0 Å². The minimum Gasteiger partial charge on any atom is -0.353 e. The Morgan fingerprint density at radius 1 is 1.30 bits per heavy atom. The van der Waals surface area contributed by atoms with E-state index in [-0.39, 0.29) is 18.5 Å². The predicted octanol–water partition coefficient (Wildman–Crippen LogP) is 1.88. The fraction of sp³-hybridized carbons (Fsp3) is 0.438. The molecule has 2 aromatic rings. The third kappa shape index (κ3) is 4.09. The van der Waals surface area contributed by atoms with Crippen molar-refractivity contribution in [1.29, 1.82) is 0 Å². The Balaban J connectivity index is 1.66. The van der Waals surface area contributed by atoms with Gasteiger partial charge in [0.15, 0.2) is 0 Å². The smallest absolute Gasteiger partial charge is 0.241 e. The van der Waals surface area contributed by atoms with Crippen LogP contribution in [0.3, 0.4) is 0 Å². The Hall–Kier alpha value is -1.92. The normalized spacial score (nSPS) is 16.4. The van der Waals surface area contributed by atoms with Crippen LogP contribution in [0, 0.1) is 0 Å². The highest BCUT2D eigenvalue weighted by Crippen LogP contribution is 2.29. The molecule has 1 aliphatic heterocycles. The zero-order valence-electron chi connectivity index (χ0n) is 12.9. The van der Waals surface area contributed by atoms with Crippen molar-refractivity contribution < 1.29 is 4.79 Å². The van der Waals surface area contributed by atoms with E-state index < -0.39 is 0 Å². The third-order valence-electron chi connectivity index (χ3n) is 4.11. The van der Waals surface area contributed by atoms with Crippen LogP contribution in [-0.2, 0) is 11.3 Å². The van der Waals surface area contributed by atoms with Crippen LogP contribution in [0.5, 0.6) is 0 Å². The largest absolute Gasteiger partial charge is 0.353 e. The number of nitrogens with zero attached hydrogens (tertiary/aromatic N) is 4. The van der Waals surface area contributed by atoms with Gasteiger partial charge in [-0.25, -0.2) is 9.67 Å². The molecule has 0 bridgehead atoms. The van der Waals surface area contributed by atoms with Crippen LogP contribution in [0.2, 0.25) is 5.02 Å². The predicted molar refractivity (Wildman–Crippen MR) is 88.0 cm³/mol. The number of amides is 1. The van der Waals surface area contributed by atoms with Gasteiger partial charge >= 0.3 is 0 Å². The van der Waals surface area contributed by atoms with E-state index in [1.54, 1.807) is 0 Å². The standard InChI is InChI=1S/C16H20ClN5O/c17-14-6-2-1-5-13(14)15(21-7-3-4-8-21)9-19-16(23)10-22-12-18-11-20-22/h1-2,5-6,11-12,15H,3-4,7-10H2,(H,19,23). The molecular formula is C16H20ClN5O.